The summed E-state index contributed by atoms with van der Waals surface area (Å²) in [6.07, 6.45) is 2.43. The van der Waals surface area contributed by atoms with E-state index < -0.39 is 0 Å². The molecule has 0 heterocycles. The maximum Gasteiger partial charge on any atom is 0.124 e. The van der Waals surface area contributed by atoms with Gasteiger partial charge in [-0.1, -0.05) is 32.9 Å². The maximum atomic E-state index is 6.15. The van der Waals surface area contributed by atoms with Gasteiger partial charge < -0.3 is 10.1 Å². The molecule has 1 aromatic carbocycles. The Bertz CT molecular complexity index is 358. The maximum absolute atomic E-state index is 6.15. The summed E-state index contributed by atoms with van der Waals surface area (Å²) >= 11 is 0. The van der Waals surface area contributed by atoms with Crippen molar-refractivity contribution in [3.8, 4) is 5.75 Å². The van der Waals surface area contributed by atoms with Crippen LogP contribution in [0.25, 0.3) is 0 Å². The van der Waals surface area contributed by atoms with E-state index in [4.69, 9.17) is 4.74 Å². The van der Waals surface area contributed by atoms with Crippen LogP contribution < -0.4 is 10.1 Å². The Hall–Kier alpha value is -1.02. The number of benzene rings is 1. The van der Waals surface area contributed by atoms with Gasteiger partial charge in [0.15, 0.2) is 0 Å². The van der Waals surface area contributed by atoms with E-state index >= 15 is 0 Å². The summed E-state index contributed by atoms with van der Waals surface area (Å²) in [5.41, 5.74) is 2.51. The first-order chi connectivity index (χ1) is 8.62. The minimum absolute atomic E-state index is 0.319. The molecule has 18 heavy (non-hydrogen) atoms. The summed E-state index contributed by atoms with van der Waals surface area (Å²) in [6, 6.07) is 6.82. The second kappa shape index (κ2) is 7.42. The van der Waals surface area contributed by atoms with E-state index in [0.29, 0.717) is 12.1 Å². The number of nitrogens with one attached hydrogen (secondary N) is 1. The average molecular weight is 249 g/mol. The first-order valence-electron chi connectivity index (χ1n) is 7.12. The van der Waals surface area contributed by atoms with Crippen LogP contribution in [0, 0.1) is 6.92 Å². The number of ether oxygens (including phenoxy) is 1. The van der Waals surface area contributed by atoms with Crippen molar-refractivity contribution < 1.29 is 4.74 Å². The zero-order valence-corrected chi connectivity index (χ0v) is 12.4. The van der Waals surface area contributed by atoms with Crippen molar-refractivity contribution in [3.05, 3.63) is 29.3 Å². The molecule has 0 saturated heterocycles. The lowest BCUT2D eigenvalue weighted by Crippen LogP contribution is -2.20. The molecule has 0 aromatic heterocycles. The van der Waals surface area contributed by atoms with Gasteiger partial charge >= 0.3 is 0 Å². The third kappa shape index (κ3) is 4.02. The summed E-state index contributed by atoms with van der Waals surface area (Å²) < 4.78 is 6.15. The molecular formula is C16H27NO. The Morgan fingerprint density at radius 2 is 1.83 bits per heavy atom. The molecule has 0 aliphatic heterocycles. The molecule has 0 spiro atoms. The van der Waals surface area contributed by atoms with Crippen molar-refractivity contribution in [2.24, 2.45) is 0 Å². The number of hydrogen-bond acceptors (Lipinski definition) is 2. The van der Waals surface area contributed by atoms with Gasteiger partial charge in [-0.05, 0) is 44.9 Å². The zero-order valence-electron chi connectivity index (χ0n) is 12.4. The van der Waals surface area contributed by atoms with Crippen molar-refractivity contribution in [3.63, 3.8) is 0 Å². The molecule has 0 fully saturated rings. The molecule has 102 valence electrons. The van der Waals surface area contributed by atoms with Gasteiger partial charge in [0.1, 0.15) is 5.75 Å². The van der Waals surface area contributed by atoms with E-state index in [-0.39, 0.29) is 0 Å². The largest absolute Gasteiger partial charge is 0.490 e. The quantitative estimate of drug-likeness (QED) is 0.780. The SMILES string of the molecule is CCNC(C)c1ccc(C)cc1OC(CC)CC. The Morgan fingerprint density at radius 1 is 1.17 bits per heavy atom. The Kier molecular flexibility index (Phi) is 6.20. The molecule has 2 nitrogen and oxygen atoms in total. The highest BCUT2D eigenvalue weighted by molar-refractivity contribution is 5.39. The molecule has 1 N–H and O–H groups in total. The molecule has 1 aromatic rings. The highest BCUT2D eigenvalue weighted by atomic mass is 16.5. The van der Waals surface area contributed by atoms with Crippen molar-refractivity contribution in [1.29, 1.82) is 0 Å². The van der Waals surface area contributed by atoms with Gasteiger partial charge in [-0.2, -0.15) is 0 Å². The molecule has 0 radical (unpaired) electrons. The first kappa shape index (κ1) is 15.0. The molecule has 0 saturated carbocycles. The van der Waals surface area contributed by atoms with Crippen LogP contribution in [0.2, 0.25) is 0 Å². The smallest absolute Gasteiger partial charge is 0.124 e. The van der Waals surface area contributed by atoms with Gasteiger partial charge in [0.2, 0.25) is 0 Å². The lowest BCUT2D eigenvalue weighted by atomic mass is 10.0. The lowest BCUT2D eigenvalue weighted by Gasteiger charge is -2.22. The minimum Gasteiger partial charge on any atom is -0.490 e. The molecular weight excluding hydrogens is 222 g/mol. The van der Waals surface area contributed by atoms with Crippen LogP contribution in [-0.2, 0) is 0 Å². The van der Waals surface area contributed by atoms with Crippen LogP contribution in [0.5, 0.6) is 5.75 Å². The van der Waals surface area contributed by atoms with Gasteiger partial charge in [-0.15, -0.1) is 0 Å². The van der Waals surface area contributed by atoms with E-state index in [9.17, 15) is 0 Å². The third-order valence-corrected chi connectivity index (χ3v) is 3.35. The summed E-state index contributed by atoms with van der Waals surface area (Å²) in [7, 11) is 0. The Morgan fingerprint density at radius 3 is 2.39 bits per heavy atom. The van der Waals surface area contributed by atoms with E-state index in [1.54, 1.807) is 0 Å². The molecule has 0 aliphatic rings. The number of hydrogen-bond donors (Lipinski definition) is 1. The van der Waals surface area contributed by atoms with E-state index in [1.807, 2.05) is 0 Å². The van der Waals surface area contributed by atoms with Crippen molar-refractivity contribution in [2.75, 3.05) is 6.54 Å². The van der Waals surface area contributed by atoms with Crippen molar-refractivity contribution >= 4 is 0 Å². The summed E-state index contributed by atoms with van der Waals surface area (Å²) in [4.78, 5) is 0. The monoisotopic (exact) mass is 249 g/mol. The van der Waals surface area contributed by atoms with Crippen LogP contribution in [0.4, 0.5) is 0 Å². The standard InChI is InChI=1S/C16H27NO/c1-6-14(7-2)18-16-11-12(4)9-10-15(16)13(5)17-8-3/h9-11,13-14,17H,6-8H2,1-5H3. The van der Waals surface area contributed by atoms with E-state index in [2.05, 4.69) is 58.1 Å². The first-order valence-corrected chi connectivity index (χ1v) is 7.12. The molecule has 1 rings (SSSR count). The van der Waals surface area contributed by atoms with Crippen LogP contribution in [0.3, 0.4) is 0 Å². The minimum atomic E-state index is 0.319. The summed E-state index contributed by atoms with van der Waals surface area (Å²) in [5, 5.41) is 3.45. The third-order valence-electron chi connectivity index (χ3n) is 3.35. The van der Waals surface area contributed by atoms with E-state index in [1.165, 1.54) is 11.1 Å². The molecule has 0 bridgehead atoms. The predicted molar refractivity (Wildman–Crippen MR) is 78.3 cm³/mol. The van der Waals surface area contributed by atoms with Crippen LogP contribution in [0.15, 0.2) is 18.2 Å². The number of rotatable bonds is 7. The highest BCUT2D eigenvalue weighted by Gasteiger charge is 2.14. The fraction of sp³-hybridized carbons (Fsp3) is 0.625. The molecule has 0 amide bonds. The topological polar surface area (TPSA) is 21.3 Å². The number of aryl methyl sites for hydroxylation is 1. The van der Waals surface area contributed by atoms with Gasteiger partial charge in [-0.3, -0.25) is 0 Å². The molecule has 2 heteroatoms. The molecule has 0 aliphatic carbocycles. The van der Waals surface area contributed by atoms with Crippen molar-refractivity contribution in [2.45, 2.75) is 59.6 Å². The van der Waals surface area contributed by atoms with Crippen molar-refractivity contribution in [1.82, 2.24) is 5.32 Å². The van der Waals surface area contributed by atoms with Gasteiger partial charge in [0.25, 0.3) is 0 Å². The fourth-order valence-corrected chi connectivity index (χ4v) is 2.15. The van der Waals surface area contributed by atoms with Crippen LogP contribution in [-0.4, -0.2) is 12.6 Å². The second-order valence-electron chi connectivity index (χ2n) is 4.88. The summed E-state index contributed by atoms with van der Waals surface area (Å²) in [6.45, 7) is 11.8. The van der Waals surface area contributed by atoms with Gasteiger partial charge in [-0.25, -0.2) is 0 Å². The normalized spacial score (nSPS) is 12.8. The predicted octanol–water partition coefficient (Wildman–Crippen LogP) is 4.23. The molecule has 1 atom stereocenters. The van der Waals surface area contributed by atoms with Gasteiger partial charge in [0, 0.05) is 11.6 Å². The lowest BCUT2D eigenvalue weighted by molar-refractivity contribution is 0.189. The van der Waals surface area contributed by atoms with E-state index in [0.717, 1.165) is 25.1 Å². The Balaban J connectivity index is 2.95. The van der Waals surface area contributed by atoms with Gasteiger partial charge in [0.05, 0.1) is 6.10 Å². The molecule has 1 unspecified atom stereocenters. The fourth-order valence-electron chi connectivity index (χ4n) is 2.15. The average Bonchev–Trinajstić information content (AvgIpc) is 2.36. The second-order valence-corrected chi connectivity index (χ2v) is 4.88. The van der Waals surface area contributed by atoms with Crippen LogP contribution in [0.1, 0.15) is 57.7 Å². The highest BCUT2D eigenvalue weighted by Crippen LogP contribution is 2.28. The zero-order chi connectivity index (χ0) is 13.5. The summed E-state index contributed by atoms with van der Waals surface area (Å²) in [5.74, 6) is 1.04. The Labute approximate surface area is 112 Å². The van der Waals surface area contributed by atoms with Crippen LogP contribution >= 0.6 is 0 Å².